The summed E-state index contributed by atoms with van der Waals surface area (Å²) in [4.78, 5) is 23.9. The highest BCUT2D eigenvalue weighted by atomic mass is 79.9. The molecule has 1 amide bonds. The van der Waals surface area contributed by atoms with E-state index in [0.29, 0.717) is 34.3 Å². The first kappa shape index (κ1) is 24.7. The summed E-state index contributed by atoms with van der Waals surface area (Å²) in [6.45, 7) is 2.08. The summed E-state index contributed by atoms with van der Waals surface area (Å²) in [7, 11) is 3.13. The van der Waals surface area contributed by atoms with Gasteiger partial charge >= 0.3 is 0 Å². The number of fused-ring (bicyclic) bond motifs is 1. The number of aryl methyl sites for hydroxylation is 1. The number of nitrogens with one attached hydrogen (secondary N) is 2. The molecule has 0 atom stereocenters. The molecule has 0 saturated carbocycles. The van der Waals surface area contributed by atoms with Crippen LogP contribution < -0.4 is 20.1 Å². The van der Waals surface area contributed by atoms with Crippen molar-refractivity contribution >= 4 is 60.6 Å². The van der Waals surface area contributed by atoms with Crippen LogP contribution in [0, 0.1) is 6.92 Å². The van der Waals surface area contributed by atoms with Gasteiger partial charge in [-0.2, -0.15) is 0 Å². The number of carbonyl (C=O) groups is 1. The summed E-state index contributed by atoms with van der Waals surface area (Å²) in [5, 5.41) is 7.25. The van der Waals surface area contributed by atoms with Crippen LogP contribution >= 0.6 is 27.3 Å². The molecule has 0 spiro atoms. The molecule has 9 heteroatoms. The molecule has 2 aromatic heterocycles. The van der Waals surface area contributed by atoms with Gasteiger partial charge in [-0.1, -0.05) is 46.3 Å². The van der Waals surface area contributed by atoms with Crippen LogP contribution in [0.25, 0.3) is 21.3 Å². The van der Waals surface area contributed by atoms with E-state index in [-0.39, 0.29) is 5.91 Å². The number of amides is 1. The molecule has 0 aliphatic carbocycles. The Labute approximate surface area is 226 Å². The third-order valence-corrected chi connectivity index (χ3v) is 7.40. The number of anilines is 3. The molecule has 0 fully saturated rings. The summed E-state index contributed by atoms with van der Waals surface area (Å²) in [5.41, 5.74) is 3.83. The van der Waals surface area contributed by atoms with E-state index in [1.807, 2.05) is 30.3 Å². The van der Waals surface area contributed by atoms with Gasteiger partial charge in [0, 0.05) is 32.6 Å². The first-order chi connectivity index (χ1) is 18.0. The molecule has 2 heterocycles. The van der Waals surface area contributed by atoms with Gasteiger partial charge in [0.2, 0.25) is 0 Å². The monoisotopic (exact) mass is 574 g/mol. The Morgan fingerprint density at radius 2 is 1.59 bits per heavy atom. The highest BCUT2D eigenvalue weighted by molar-refractivity contribution is 9.10. The van der Waals surface area contributed by atoms with Gasteiger partial charge in [0.15, 0.2) is 0 Å². The lowest BCUT2D eigenvalue weighted by molar-refractivity contribution is 0.102. The summed E-state index contributed by atoms with van der Waals surface area (Å²) in [6.07, 6.45) is 1.55. The van der Waals surface area contributed by atoms with Crippen molar-refractivity contribution in [3.05, 3.63) is 88.0 Å². The van der Waals surface area contributed by atoms with E-state index in [4.69, 9.17) is 9.47 Å². The van der Waals surface area contributed by atoms with Gasteiger partial charge in [-0.15, -0.1) is 11.3 Å². The molecule has 2 N–H and O–H groups in total. The minimum absolute atomic E-state index is 0.243. The molecule has 3 aromatic carbocycles. The Morgan fingerprint density at radius 3 is 2.30 bits per heavy atom. The van der Waals surface area contributed by atoms with Crippen molar-refractivity contribution in [3.8, 4) is 22.6 Å². The van der Waals surface area contributed by atoms with Crippen molar-refractivity contribution in [3.63, 3.8) is 0 Å². The van der Waals surface area contributed by atoms with Crippen LogP contribution in [-0.4, -0.2) is 30.1 Å². The first-order valence-electron chi connectivity index (χ1n) is 11.4. The Bertz CT molecular complexity index is 1590. The molecule has 0 unspecified atom stereocenters. The van der Waals surface area contributed by atoms with Gasteiger partial charge in [-0.05, 0) is 36.8 Å². The maximum absolute atomic E-state index is 12.8. The number of ether oxygens (including phenoxy) is 2. The highest BCUT2D eigenvalue weighted by Crippen LogP contribution is 2.43. The normalized spacial score (nSPS) is 10.8. The van der Waals surface area contributed by atoms with E-state index in [9.17, 15) is 4.79 Å². The van der Waals surface area contributed by atoms with Gasteiger partial charge in [0.05, 0.1) is 31.0 Å². The van der Waals surface area contributed by atoms with Crippen molar-refractivity contribution in [2.24, 2.45) is 0 Å². The number of benzene rings is 3. The Hall–Kier alpha value is -3.95. The van der Waals surface area contributed by atoms with Crippen LogP contribution in [-0.2, 0) is 0 Å². The zero-order chi connectivity index (χ0) is 25.9. The second-order valence-electron chi connectivity index (χ2n) is 8.14. The van der Waals surface area contributed by atoms with Crippen LogP contribution in [0.2, 0.25) is 0 Å². The third kappa shape index (κ3) is 5.00. The Kier molecular flexibility index (Phi) is 7.07. The molecule has 0 aliphatic heterocycles. The minimum atomic E-state index is -0.243. The molecule has 7 nitrogen and oxygen atoms in total. The van der Waals surface area contributed by atoms with Crippen molar-refractivity contribution in [1.29, 1.82) is 0 Å². The van der Waals surface area contributed by atoms with Crippen LogP contribution in [0.4, 0.5) is 17.2 Å². The number of hydrogen-bond donors (Lipinski definition) is 2. The summed E-state index contributed by atoms with van der Waals surface area (Å²) in [5.74, 6) is 1.40. The number of carbonyl (C=O) groups excluding carboxylic acids is 1. The lowest BCUT2D eigenvalue weighted by atomic mass is 10.0. The molecule has 0 aliphatic rings. The SMILES string of the molecule is COc1cc(Nc2ncnc3sc(C)c(-c4ccc(Br)cc4)c23)c(OC)cc1NC(=O)c1ccccc1. The fraction of sp³-hybridized carbons (Fsp3) is 0.107. The molecular weight excluding hydrogens is 552 g/mol. The second-order valence-corrected chi connectivity index (χ2v) is 10.3. The van der Waals surface area contributed by atoms with Gasteiger partial charge in [0.25, 0.3) is 5.91 Å². The van der Waals surface area contributed by atoms with Gasteiger partial charge < -0.3 is 20.1 Å². The average Bonchev–Trinajstić information content (AvgIpc) is 3.26. The molecule has 0 bridgehead atoms. The maximum atomic E-state index is 12.8. The number of rotatable bonds is 7. The van der Waals surface area contributed by atoms with Crippen molar-refractivity contribution in [1.82, 2.24) is 9.97 Å². The molecule has 37 heavy (non-hydrogen) atoms. The number of nitrogens with zero attached hydrogens (tertiary/aromatic N) is 2. The predicted octanol–water partition coefficient (Wildman–Crippen LogP) is 7.44. The highest BCUT2D eigenvalue weighted by Gasteiger charge is 2.20. The largest absolute Gasteiger partial charge is 0.494 e. The van der Waals surface area contributed by atoms with Crippen molar-refractivity contribution in [2.45, 2.75) is 6.92 Å². The van der Waals surface area contributed by atoms with Crippen LogP contribution in [0.1, 0.15) is 15.2 Å². The smallest absolute Gasteiger partial charge is 0.255 e. The molecular formula is C28H23BrN4O3S. The number of halogens is 1. The van der Waals surface area contributed by atoms with Crippen molar-refractivity contribution < 1.29 is 14.3 Å². The molecule has 0 radical (unpaired) electrons. The summed E-state index contributed by atoms with van der Waals surface area (Å²) >= 11 is 5.13. The molecule has 0 saturated heterocycles. The average molecular weight is 575 g/mol. The van der Waals surface area contributed by atoms with Crippen LogP contribution in [0.5, 0.6) is 11.5 Å². The van der Waals surface area contributed by atoms with Gasteiger partial charge in [-0.3, -0.25) is 4.79 Å². The summed E-state index contributed by atoms with van der Waals surface area (Å²) < 4.78 is 12.3. The Balaban J connectivity index is 1.55. The second kappa shape index (κ2) is 10.6. The number of methoxy groups -OCH3 is 2. The standard InChI is InChI=1S/C28H23BrN4O3S/c1-16-24(17-9-11-19(29)12-10-17)25-26(30-15-31-28(25)37-16)32-20-13-23(36-3)21(14-22(20)35-2)33-27(34)18-7-5-4-6-8-18/h4-15H,1-3H3,(H,33,34)(H,30,31,32). The quantitative estimate of drug-likeness (QED) is 0.210. The first-order valence-corrected chi connectivity index (χ1v) is 13.0. The number of aromatic nitrogens is 2. The lowest BCUT2D eigenvalue weighted by Gasteiger charge is -2.17. The lowest BCUT2D eigenvalue weighted by Crippen LogP contribution is -2.13. The molecule has 5 aromatic rings. The van der Waals surface area contributed by atoms with E-state index in [1.165, 1.54) is 0 Å². The molecule has 186 valence electrons. The van der Waals surface area contributed by atoms with E-state index in [2.05, 4.69) is 55.6 Å². The summed E-state index contributed by atoms with van der Waals surface area (Å²) in [6, 6.07) is 20.7. The topological polar surface area (TPSA) is 85.4 Å². The zero-order valence-corrected chi connectivity index (χ0v) is 22.7. The third-order valence-electron chi connectivity index (χ3n) is 5.86. The fourth-order valence-electron chi connectivity index (χ4n) is 4.11. The zero-order valence-electron chi connectivity index (χ0n) is 20.3. The van der Waals surface area contributed by atoms with Crippen molar-refractivity contribution in [2.75, 3.05) is 24.9 Å². The van der Waals surface area contributed by atoms with Gasteiger partial charge in [-0.25, -0.2) is 9.97 Å². The van der Waals surface area contributed by atoms with E-state index in [1.54, 1.807) is 56.1 Å². The van der Waals surface area contributed by atoms with Gasteiger partial charge in [0.1, 0.15) is 28.5 Å². The number of hydrogen-bond acceptors (Lipinski definition) is 7. The maximum Gasteiger partial charge on any atom is 0.255 e. The Morgan fingerprint density at radius 1 is 0.919 bits per heavy atom. The fourth-order valence-corrected chi connectivity index (χ4v) is 5.38. The van der Waals surface area contributed by atoms with Crippen LogP contribution in [0.3, 0.4) is 0 Å². The molecule has 5 rings (SSSR count). The predicted molar refractivity (Wildman–Crippen MR) is 153 cm³/mol. The van der Waals surface area contributed by atoms with E-state index in [0.717, 1.165) is 30.7 Å². The van der Waals surface area contributed by atoms with Crippen LogP contribution in [0.15, 0.2) is 77.5 Å². The van der Waals surface area contributed by atoms with E-state index >= 15 is 0 Å². The minimum Gasteiger partial charge on any atom is -0.494 e. The number of thiophene rings is 1. The van der Waals surface area contributed by atoms with E-state index < -0.39 is 0 Å².